The Morgan fingerprint density at radius 3 is 2.50 bits per heavy atom. The lowest BCUT2D eigenvalue weighted by atomic mass is 9.97. The van der Waals surface area contributed by atoms with E-state index in [0.717, 1.165) is 17.7 Å². The van der Waals surface area contributed by atoms with E-state index in [2.05, 4.69) is 0 Å². The van der Waals surface area contributed by atoms with Crippen LogP contribution >= 0.6 is 0 Å². The number of hydrogen-bond acceptors (Lipinski definition) is 2. The van der Waals surface area contributed by atoms with Gasteiger partial charge in [-0.25, -0.2) is 0 Å². The maximum absolute atomic E-state index is 11.9. The molecule has 2 heteroatoms. The van der Waals surface area contributed by atoms with E-state index in [-0.39, 0.29) is 0 Å². The highest BCUT2D eigenvalue weighted by Crippen LogP contribution is 2.28. The summed E-state index contributed by atoms with van der Waals surface area (Å²) in [5, 5.41) is 0. The van der Waals surface area contributed by atoms with Crippen LogP contribution in [0, 0.1) is 5.92 Å². The van der Waals surface area contributed by atoms with Crippen LogP contribution in [-0.4, -0.2) is 12.4 Å². The predicted octanol–water partition coefficient (Wildman–Crippen LogP) is 3.78. The van der Waals surface area contributed by atoms with Crippen molar-refractivity contribution in [1.29, 1.82) is 0 Å². The topological polar surface area (TPSA) is 26.3 Å². The highest BCUT2D eigenvalue weighted by Gasteiger charge is 2.18. The van der Waals surface area contributed by atoms with Gasteiger partial charge in [-0.3, -0.25) is 4.79 Å². The summed E-state index contributed by atoms with van der Waals surface area (Å²) in [7, 11) is 0. The molecule has 0 radical (unpaired) electrons. The van der Waals surface area contributed by atoms with E-state index in [1.54, 1.807) is 0 Å². The van der Waals surface area contributed by atoms with Crippen molar-refractivity contribution in [3.63, 3.8) is 0 Å². The van der Waals surface area contributed by atoms with Gasteiger partial charge in [0.25, 0.3) is 0 Å². The molecule has 1 aromatic carbocycles. The van der Waals surface area contributed by atoms with Crippen LogP contribution in [-0.2, 0) is 11.2 Å². The highest BCUT2D eigenvalue weighted by molar-refractivity contribution is 5.81. The molecule has 0 heterocycles. The van der Waals surface area contributed by atoms with Crippen LogP contribution in [0.3, 0.4) is 0 Å². The van der Waals surface area contributed by atoms with Crippen molar-refractivity contribution in [3.05, 3.63) is 29.8 Å². The Bertz CT molecular complexity index is 375. The van der Waals surface area contributed by atoms with E-state index in [4.69, 9.17) is 4.74 Å². The summed E-state index contributed by atoms with van der Waals surface area (Å²) in [6.45, 7) is 2.65. The largest absolute Gasteiger partial charge is 0.494 e. The fourth-order valence-electron chi connectivity index (χ4n) is 2.71. The van der Waals surface area contributed by atoms with Crippen molar-refractivity contribution >= 4 is 5.78 Å². The Morgan fingerprint density at radius 1 is 1.22 bits per heavy atom. The second-order valence-corrected chi connectivity index (χ2v) is 5.15. The van der Waals surface area contributed by atoms with Crippen molar-refractivity contribution in [1.82, 2.24) is 0 Å². The summed E-state index contributed by atoms with van der Waals surface area (Å²) in [6, 6.07) is 7.89. The number of Topliss-reactive ketones (excluding diaryl/α,β-unsaturated/α-hetero) is 1. The van der Waals surface area contributed by atoms with Gasteiger partial charge in [-0.05, 0) is 30.5 Å². The third-order valence-corrected chi connectivity index (χ3v) is 3.63. The third kappa shape index (κ3) is 3.86. The zero-order chi connectivity index (χ0) is 12.8. The Kier molecular flexibility index (Phi) is 4.80. The molecule has 18 heavy (non-hydrogen) atoms. The Balaban J connectivity index is 1.82. The molecule has 1 aromatic rings. The quantitative estimate of drug-likeness (QED) is 0.763. The SMILES string of the molecule is CCOc1ccc(CC(=O)CC2CCCC2)cc1. The van der Waals surface area contributed by atoms with Gasteiger partial charge in [0.05, 0.1) is 6.61 Å². The summed E-state index contributed by atoms with van der Waals surface area (Å²) in [4.78, 5) is 11.9. The second kappa shape index (κ2) is 6.58. The first kappa shape index (κ1) is 13.1. The molecule has 0 N–H and O–H groups in total. The first-order valence-corrected chi connectivity index (χ1v) is 7.01. The van der Waals surface area contributed by atoms with Crippen LogP contribution in [0.15, 0.2) is 24.3 Å². The summed E-state index contributed by atoms with van der Waals surface area (Å²) in [5.41, 5.74) is 1.10. The van der Waals surface area contributed by atoms with E-state index in [0.29, 0.717) is 24.7 Å². The number of benzene rings is 1. The molecular formula is C16H22O2. The predicted molar refractivity (Wildman–Crippen MR) is 72.9 cm³/mol. The zero-order valence-electron chi connectivity index (χ0n) is 11.2. The molecule has 0 amide bonds. The minimum Gasteiger partial charge on any atom is -0.494 e. The molecule has 1 saturated carbocycles. The van der Waals surface area contributed by atoms with E-state index in [1.165, 1.54) is 25.7 Å². The van der Waals surface area contributed by atoms with E-state index in [1.807, 2.05) is 31.2 Å². The number of ketones is 1. The van der Waals surface area contributed by atoms with E-state index in [9.17, 15) is 4.79 Å². The molecule has 1 aliphatic rings. The van der Waals surface area contributed by atoms with Gasteiger partial charge in [0.15, 0.2) is 0 Å². The number of carbonyl (C=O) groups excluding carboxylic acids is 1. The van der Waals surface area contributed by atoms with Crippen LogP contribution < -0.4 is 4.74 Å². The smallest absolute Gasteiger partial charge is 0.137 e. The lowest BCUT2D eigenvalue weighted by molar-refractivity contribution is -0.119. The minimum atomic E-state index is 0.381. The Labute approximate surface area is 109 Å². The molecule has 2 nitrogen and oxygen atoms in total. The molecule has 0 aromatic heterocycles. The van der Waals surface area contributed by atoms with Crippen molar-refractivity contribution in [2.24, 2.45) is 5.92 Å². The fraction of sp³-hybridized carbons (Fsp3) is 0.562. The maximum Gasteiger partial charge on any atom is 0.137 e. The number of rotatable bonds is 6. The zero-order valence-corrected chi connectivity index (χ0v) is 11.2. The van der Waals surface area contributed by atoms with Gasteiger partial charge in [0, 0.05) is 12.8 Å². The van der Waals surface area contributed by atoms with Gasteiger partial charge >= 0.3 is 0 Å². The maximum atomic E-state index is 11.9. The van der Waals surface area contributed by atoms with Crippen molar-refractivity contribution in [3.8, 4) is 5.75 Å². The average molecular weight is 246 g/mol. The summed E-state index contributed by atoms with van der Waals surface area (Å²) < 4.78 is 5.39. The average Bonchev–Trinajstić information content (AvgIpc) is 2.84. The van der Waals surface area contributed by atoms with E-state index >= 15 is 0 Å². The molecule has 0 spiro atoms. The first-order chi connectivity index (χ1) is 8.78. The number of hydrogen-bond donors (Lipinski definition) is 0. The molecule has 0 bridgehead atoms. The van der Waals surface area contributed by atoms with Crippen LogP contribution in [0.2, 0.25) is 0 Å². The Morgan fingerprint density at radius 2 is 1.89 bits per heavy atom. The van der Waals surface area contributed by atoms with Crippen LogP contribution in [0.5, 0.6) is 5.75 Å². The molecule has 0 unspecified atom stereocenters. The summed E-state index contributed by atoms with van der Waals surface area (Å²) >= 11 is 0. The standard InChI is InChI=1S/C16H22O2/c1-2-18-16-9-7-14(8-10-16)12-15(17)11-13-5-3-4-6-13/h7-10,13H,2-6,11-12H2,1H3. The van der Waals surface area contributed by atoms with Crippen molar-refractivity contribution in [2.75, 3.05) is 6.61 Å². The van der Waals surface area contributed by atoms with Crippen LogP contribution in [0.25, 0.3) is 0 Å². The molecule has 1 aliphatic carbocycles. The number of ether oxygens (including phenoxy) is 1. The fourth-order valence-corrected chi connectivity index (χ4v) is 2.71. The van der Waals surface area contributed by atoms with Crippen LogP contribution in [0.1, 0.15) is 44.6 Å². The lowest BCUT2D eigenvalue weighted by Gasteiger charge is -2.08. The molecule has 0 saturated heterocycles. The molecule has 2 rings (SSSR count). The second-order valence-electron chi connectivity index (χ2n) is 5.15. The molecule has 1 fully saturated rings. The van der Waals surface area contributed by atoms with Gasteiger partial charge < -0.3 is 4.74 Å². The molecule has 98 valence electrons. The Hall–Kier alpha value is -1.31. The van der Waals surface area contributed by atoms with E-state index < -0.39 is 0 Å². The molecule has 0 atom stereocenters. The lowest BCUT2D eigenvalue weighted by Crippen LogP contribution is -2.08. The highest BCUT2D eigenvalue weighted by atomic mass is 16.5. The third-order valence-electron chi connectivity index (χ3n) is 3.63. The first-order valence-electron chi connectivity index (χ1n) is 7.01. The van der Waals surface area contributed by atoms with Crippen molar-refractivity contribution < 1.29 is 9.53 Å². The number of carbonyl (C=O) groups is 1. The molecular weight excluding hydrogens is 224 g/mol. The van der Waals surface area contributed by atoms with Gasteiger partial charge in [0.2, 0.25) is 0 Å². The van der Waals surface area contributed by atoms with Gasteiger partial charge in [-0.2, -0.15) is 0 Å². The van der Waals surface area contributed by atoms with Gasteiger partial charge in [-0.15, -0.1) is 0 Å². The van der Waals surface area contributed by atoms with Crippen LogP contribution in [0.4, 0.5) is 0 Å². The normalized spacial score (nSPS) is 15.8. The van der Waals surface area contributed by atoms with Crippen molar-refractivity contribution in [2.45, 2.75) is 45.4 Å². The summed E-state index contributed by atoms with van der Waals surface area (Å²) in [6.07, 6.45) is 6.45. The minimum absolute atomic E-state index is 0.381. The summed E-state index contributed by atoms with van der Waals surface area (Å²) in [5.74, 6) is 1.91. The van der Waals surface area contributed by atoms with Gasteiger partial charge in [0.1, 0.15) is 11.5 Å². The van der Waals surface area contributed by atoms with Gasteiger partial charge in [-0.1, -0.05) is 37.8 Å². The monoisotopic (exact) mass is 246 g/mol. The molecule has 0 aliphatic heterocycles.